The molecule has 2 N–H and O–H groups in total. The first kappa shape index (κ1) is 16.9. The lowest BCUT2D eigenvalue weighted by atomic mass is 9.85. The van der Waals surface area contributed by atoms with Gasteiger partial charge in [-0.05, 0) is 16.7 Å². The van der Waals surface area contributed by atoms with Gasteiger partial charge < -0.3 is 5.11 Å². The van der Waals surface area contributed by atoms with Crippen molar-refractivity contribution < 1.29 is 9.90 Å². The van der Waals surface area contributed by atoms with Gasteiger partial charge in [-0.15, -0.1) is 0 Å². The van der Waals surface area contributed by atoms with Crippen LogP contribution in [-0.2, 0) is 11.3 Å². The van der Waals surface area contributed by atoms with Crippen molar-refractivity contribution in [1.29, 1.82) is 0 Å². The molecule has 1 atom stereocenters. The second kappa shape index (κ2) is 8.27. The molecule has 0 aromatic heterocycles. The lowest BCUT2D eigenvalue weighted by molar-refractivity contribution is -0.139. The average Bonchev–Trinajstić information content (AvgIpc) is 2.67. The van der Waals surface area contributed by atoms with Gasteiger partial charge >= 0.3 is 5.97 Å². The molecule has 0 radical (unpaired) electrons. The first-order valence-corrected chi connectivity index (χ1v) is 8.35. The second-order valence-electron chi connectivity index (χ2n) is 5.98. The minimum absolute atomic E-state index is 0.261. The predicted octanol–water partition coefficient (Wildman–Crippen LogP) is 4.06. The van der Waals surface area contributed by atoms with E-state index in [9.17, 15) is 9.90 Å². The zero-order valence-electron chi connectivity index (χ0n) is 13.9. The number of hydrogen-bond acceptors (Lipinski definition) is 2. The minimum Gasteiger partial charge on any atom is -0.480 e. The van der Waals surface area contributed by atoms with E-state index in [1.807, 2.05) is 91.0 Å². The highest BCUT2D eigenvalue weighted by molar-refractivity contribution is 5.76. The molecule has 0 saturated heterocycles. The summed E-state index contributed by atoms with van der Waals surface area (Å²) in [5.41, 5.74) is 3.04. The number of aliphatic carboxylic acids is 1. The van der Waals surface area contributed by atoms with Gasteiger partial charge in [-0.1, -0.05) is 91.0 Å². The van der Waals surface area contributed by atoms with Crippen molar-refractivity contribution in [3.63, 3.8) is 0 Å². The molecule has 3 rings (SSSR count). The molecular formula is C22H21NO2. The summed E-state index contributed by atoms with van der Waals surface area (Å²) in [5.74, 6) is -1.11. The van der Waals surface area contributed by atoms with E-state index >= 15 is 0 Å². The van der Waals surface area contributed by atoms with Crippen LogP contribution in [0.15, 0.2) is 91.0 Å². The molecule has 0 fully saturated rings. The first-order valence-electron chi connectivity index (χ1n) is 8.35. The molecule has 126 valence electrons. The molecule has 0 aliphatic rings. The smallest absolute Gasteiger partial charge is 0.321 e. The summed E-state index contributed by atoms with van der Waals surface area (Å²) >= 11 is 0. The van der Waals surface area contributed by atoms with Gasteiger partial charge in [0.2, 0.25) is 0 Å². The molecule has 0 aliphatic heterocycles. The molecule has 3 heteroatoms. The summed E-state index contributed by atoms with van der Waals surface area (Å²) in [5, 5.41) is 13.1. The van der Waals surface area contributed by atoms with Crippen LogP contribution in [0, 0.1) is 0 Å². The first-order chi connectivity index (χ1) is 12.3. The Morgan fingerprint density at radius 2 is 1.20 bits per heavy atom. The zero-order chi connectivity index (χ0) is 17.5. The molecule has 0 heterocycles. The van der Waals surface area contributed by atoms with Gasteiger partial charge in [-0.3, -0.25) is 10.1 Å². The average molecular weight is 331 g/mol. The molecule has 3 aromatic carbocycles. The predicted molar refractivity (Wildman–Crippen MR) is 99.4 cm³/mol. The maximum atomic E-state index is 12.0. The number of carbonyl (C=O) groups is 1. The maximum absolute atomic E-state index is 12.0. The lowest BCUT2D eigenvalue weighted by Gasteiger charge is -2.26. The van der Waals surface area contributed by atoms with Gasteiger partial charge in [0.25, 0.3) is 0 Å². The molecular weight excluding hydrogens is 310 g/mol. The molecule has 3 aromatic rings. The van der Waals surface area contributed by atoms with Gasteiger partial charge in [-0.25, -0.2) is 0 Å². The Morgan fingerprint density at radius 1 is 0.760 bits per heavy atom. The molecule has 0 saturated carbocycles. The van der Waals surface area contributed by atoms with Crippen LogP contribution in [0.2, 0.25) is 0 Å². The van der Waals surface area contributed by atoms with Gasteiger partial charge in [0.05, 0.1) is 0 Å². The Hall–Kier alpha value is -2.91. The highest BCUT2D eigenvalue weighted by atomic mass is 16.4. The van der Waals surface area contributed by atoms with Crippen molar-refractivity contribution in [1.82, 2.24) is 5.32 Å². The van der Waals surface area contributed by atoms with Gasteiger partial charge in [-0.2, -0.15) is 0 Å². The molecule has 0 unspecified atom stereocenters. The van der Waals surface area contributed by atoms with Crippen LogP contribution < -0.4 is 5.32 Å². The molecule has 0 aliphatic carbocycles. The van der Waals surface area contributed by atoms with Crippen molar-refractivity contribution in [2.24, 2.45) is 0 Å². The highest BCUT2D eigenvalue weighted by Gasteiger charge is 2.30. The third-order valence-corrected chi connectivity index (χ3v) is 4.29. The van der Waals surface area contributed by atoms with E-state index in [1.54, 1.807) is 0 Å². The second-order valence-corrected chi connectivity index (χ2v) is 5.98. The Balaban J connectivity index is 1.92. The van der Waals surface area contributed by atoms with Crippen LogP contribution >= 0.6 is 0 Å². The fraction of sp³-hybridized carbons (Fsp3) is 0.136. The van der Waals surface area contributed by atoms with E-state index in [0.717, 1.165) is 16.7 Å². The van der Waals surface area contributed by atoms with Crippen LogP contribution in [0.3, 0.4) is 0 Å². The van der Waals surface area contributed by atoms with Crippen molar-refractivity contribution in [2.75, 3.05) is 0 Å². The summed E-state index contributed by atoms with van der Waals surface area (Å²) in [4.78, 5) is 12.0. The highest BCUT2D eigenvalue weighted by Crippen LogP contribution is 2.28. The standard InChI is InChI=1S/C22H21NO2/c24-22(25)21(23-16-17-10-4-1-5-11-17)20(18-12-6-2-7-13-18)19-14-8-3-9-15-19/h1-15,20-21,23H,16H2,(H,24,25)/t21-/m0/s1. The fourth-order valence-corrected chi connectivity index (χ4v) is 3.07. The topological polar surface area (TPSA) is 49.3 Å². The normalized spacial score (nSPS) is 12.0. The van der Waals surface area contributed by atoms with Crippen LogP contribution in [0.1, 0.15) is 22.6 Å². The van der Waals surface area contributed by atoms with Gasteiger partial charge in [0, 0.05) is 12.5 Å². The van der Waals surface area contributed by atoms with Crippen LogP contribution in [0.5, 0.6) is 0 Å². The SMILES string of the molecule is O=C(O)[C@@H](NCc1ccccc1)C(c1ccccc1)c1ccccc1. The number of hydrogen-bond donors (Lipinski definition) is 2. The van der Waals surface area contributed by atoms with Crippen LogP contribution in [0.4, 0.5) is 0 Å². The van der Waals surface area contributed by atoms with E-state index in [4.69, 9.17) is 0 Å². The Morgan fingerprint density at radius 3 is 1.64 bits per heavy atom. The van der Waals surface area contributed by atoms with E-state index < -0.39 is 12.0 Å². The third kappa shape index (κ3) is 4.34. The van der Waals surface area contributed by atoms with Crippen molar-refractivity contribution >= 4 is 5.97 Å². The summed E-state index contributed by atoms with van der Waals surface area (Å²) < 4.78 is 0. The monoisotopic (exact) mass is 331 g/mol. The Labute approximate surface area is 148 Å². The third-order valence-electron chi connectivity index (χ3n) is 4.29. The number of carboxylic acids is 1. The van der Waals surface area contributed by atoms with E-state index in [0.29, 0.717) is 6.54 Å². The number of benzene rings is 3. The summed E-state index contributed by atoms with van der Waals surface area (Å²) in [6.07, 6.45) is 0. The van der Waals surface area contributed by atoms with Crippen molar-refractivity contribution in [3.05, 3.63) is 108 Å². The largest absolute Gasteiger partial charge is 0.480 e. The molecule has 0 spiro atoms. The van der Waals surface area contributed by atoms with Crippen LogP contribution in [-0.4, -0.2) is 17.1 Å². The molecule has 0 bridgehead atoms. The Bertz CT molecular complexity index is 749. The van der Waals surface area contributed by atoms with Gasteiger partial charge in [0.1, 0.15) is 6.04 Å². The molecule has 25 heavy (non-hydrogen) atoms. The zero-order valence-corrected chi connectivity index (χ0v) is 13.9. The summed E-state index contributed by atoms with van der Waals surface area (Å²) in [6.45, 7) is 0.508. The maximum Gasteiger partial charge on any atom is 0.321 e. The quantitative estimate of drug-likeness (QED) is 0.686. The van der Waals surface area contributed by atoms with Crippen LogP contribution in [0.25, 0.3) is 0 Å². The summed E-state index contributed by atoms with van der Waals surface area (Å²) in [6, 6.07) is 28.7. The van der Waals surface area contributed by atoms with Gasteiger partial charge in [0.15, 0.2) is 0 Å². The van der Waals surface area contributed by atoms with E-state index in [1.165, 1.54) is 0 Å². The molecule has 0 amide bonds. The van der Waals surface area contributed by atoms with Crippen molar-refractivity contribution in [3.8, 4) is 0 Å². The number of nitrogens with one attached hydrogen (secondary N) is 1. The number of rotatable bonds is 7. The van der Waals surface area contributed by atoms with Crippen molar-refractivity contribution in [2.45, 2.75) is 18.5 Å². The Kier molecular flexibility index (Phi) is 5.60. The summed E-state index contributed by atoms with van der Waals surface area (Å²) in [7, 11) is 0. The molecule has 3 nitrogen and oxygen atoms in total. The lowest BCUT2D eigenvalue weighted by Crippen LogP contribution is -2.41. The number of carboxylic acid groups (broad SMARTS) is 1. The minimum atomic E-state index is -0.853. The van der Waals surface area contributed by atoms with E-state index in [2.05, 4.69) is 5.32 Å². The van der Waals surface area contributed by atoms with E-state index in [-0.39, 0.29) is 5.92 Å². The fourth-order valence-electron chi connectivity index (χ4n) is 3.07.